The van der Waals surface area contributed by atoms with Gasteiger partial charge in [0, 0.05) is 17.2 Å². The number of halogens is 1. The molecule has 1 saturated heterocycles. The minimum absolute atomic E-state index is 0. The van der Waals surface area contributed by atoms with Crippen molar-refractivity contribution in [1.82, 2.24) is 5.01 Å². The molecule has 182 valence electrons. The molecule has 8 nitrogen and oxygen atoms in total. The van der Waals surface area contributed by atoms with Crippen molar-refractivity contribution < 1.29 is 23.8 Å². The highest BCUT2D eigenvalue weighted by molar-refractivity contribution is 6.04. The number of hydrogen-bond donors (Lipinski definition) is 1. The lowest BCUT2D eigenvalue weighted by atomic mass is 9.93. The Balaban J connectivity index is 0.00000324. The maximum absolute atomic E-state index is 12.7. The average molecular weight is 488 g/mol. The molecule has 4 rings (SSSR count). The molecule has 1 unspecified atom stereocenters. The Morgan fingerprint density at radius 2 is 1.94 bits per heavy atom. The van der Waals surface area contributed by atoms with Crippen LogP contribution in [0.2, 0.25) is 0 Å². The number of nitrogens with one attached hydrogen (secondary N) is 1. The zero-order chi connectivity index (χ0) is 23.0. The lowest BCUT2D eigenvalue weighted by Gasteiger charge is -2.25. The van der Waals surface area contributed by atoms with E-state index in [9.17, 15) is 9.59 Å². The van der Waals surface area contributed by atoms with Gasteiger partial charge < -0.3 is 19.5 Å². The molecule has 1 atom stereocenters. The molecule has 9 heteroatoms. The van der Waals surface area contributed by atoms with Crippen molar-refractivity contribution in [3.8, 4) is 5.75 Å². The Bertz CT molecular complexity index is 1010. The Hall–Kier alpha value is -3.10. The van der Waals surface area contributed by atoms with E-state index in [-0.39, 0.29) is 30.2 Å². The standard InChI is InChI=1S/C25H29N3O5.ClH/c1-2-32-24(29)14-19-13-21-15-22(7-8-23(21)33-17-19)27-25(30)20-5-3-18(4-6-20)16-26-28-9-11-31-12-10-28;/h3-8,15-16,19H,2,9-14,17H2,1H3,(H,27,30);1H. The van der Waals surface area contributed by atoms with E-state index in [4.69, 9.17) is 14.2 Å². The minimum atomic E-state index is -0.211. The van der Waals surface area contributed by atoms with E-state index in [1.807, 2.05) is 35.3 Å². The summed E-state index contributed by atoms with van der Waals surface area (Å²) in [6.45, 7) is 5.61. The molecular weight excluding hydrogens is 458 g/mol. The van der Waals surface area contributed by atoms with Crippen LogP contribution < -0.4 is 10.1 Å². The number of hydrogen-bond acceptors (Lipinski definition) is 7. The van der Waals surface area contributed by atoms with Crippen LogP contribution in [0.4, 0.5) is 5.69 Å². The van der Waals surface area contributed by atoms with E-state index < -0.39 is 0 Å². The van der Waals surface area contributed by atoms with Crippen LogP contribution in [0, 0.1) is 5.92 Å². The van der Waals surface area contributed by atoms with Gasteiger partial charge in [0.25, 0.3) is 5.91 Å². The number of fused-ring (bicyclic) bond motifs is 1. The molecule has 0 bridgehead atoms. The largest absolute Gasteiger partial charge is 0.493 e. The second kappa shape index (κ2) is 12.4. The third kappa shape index (κ3) is 6.95. The van der Waals surface area contributed by atoms with Gasteiger partial charge in [0.05, 0.1) is 52.2 Å². The van der Waals surface area contributed by atoms with Crippen LogP contribution in [0.5, 0.6) is 5.75 Å². The van der Waals surface area contributed by atoms with Gasteiger partial charge in [-0.05, 0) is 54.8 Å². The summed E-state index contributed by atoms with van der Waals surface area (Å²) < 4.78 is 16.2. The fourth-order valence-corrected chi connectivity index (χ4v) is 3.86. The third-order valence-corrected chi connectivity index (χ3v) is 5.59. The van der Waals surface area contributed by atoms with Crippen molar-refractivity contribution in [3.63, 3.8) is 0 Å². The van der Waals surface area contributed by atoms with Gasteiger partial charge in [0.15, 0.2) is 0 Å². The first-order valence-corrected chi connectivity index (χ1v) is 11.3. The van der Waals surface area contributed by atoms with E-state index in [1.54, 1.807) is 25.3 Å². The summed E-state index contributed by atoms with van der Waals surface area (Å²) in [5, 5.41) is 9.38. The number of anilines is 1. The summed E-state index contributed by atoms with van der Waals surface area (Å²) in [6.07, 6.45) is 2.82. The highest BCUT2D eigenvalue weighted by Crippen LogP contribution is 2.31. The van der Waals surface area contributed by atoms with E-state index >= 15 is 0 Å². The molecule has 2 heterocycles. The van der Waals surface area contributed by atoms with Gasteiger partial charge >= 0.3 is 5.97 Å². The summed E-state index contributed by atoms with van der Waals surface area (Å²) >= 11 is 0. The van der Waals surface area contributed by atoms with Crippen LogP contribution in [-0.2, 0) is 20.7 Å². The van der Waals surface area contributed by atoms with Gasteiger partial charge in [-0.3, -0.25) is 14.6 Å². The van der Waals surface area contributed by atoms with Crippen molar-refractivity contribution in [3.05, 3.63) is 59.2 Å². The summed E-state index contributed by atoms with van der Waals surface area (Å²) in [7, 11) is 0. The minimum Gasteiger partial charge on any atom is -0.493 e. The van der Waals surface area contributed by atoms with E-state index in [0.717, 1.165) is 30.0 Å². The number of nitrogens with zero attached hydrogens (tertiary/aromatic N) is 2. The van der Waals surface area contributed by atoms with Crippen LogP contribution in [0.15, 0.2) is 47.6 Å². The van der Waals surface area contributed by atoms with Gasteiger partial charge in [0.2, 0.25) is 0 Å². The molecule has 0 spiro atoms. The predicted octanol–water partition coefficient (Wildman–Crippen LogP) is 3.53. The third-order valence-electron chi connectivity index (χ3n) is 5.59. The summed E-state index contributed by atoms with van der Waals surface area (Å²) in [5.74, 6) is 0.454. The molecule has 0 radical (unpaired) electrons. The van der Waals surface area contributed by atoms with Gasteiger partial charge in [-0.15, -0.1) is 12.4 Å². The van der Waals surface area contributed by atoms with Crippen LogP contribution in [-0.4, -0.2) is 62.6 Å². The van der Waals surface area contributed by atoms with E-state index in [0.29, 0.717) is 50.5 Å². The fourth-order valence-electron chi connectivity index (χ4n) is 3.86. The number of rotatable bonds is 7. The lowest BCUT2D eigenvalue weighted by molar-refractivity contribution is -0.144. The van der Waals surface area contributed by atoms with Crippen molar-refractivity contribution in [2.45, 2.75) is 19.8 Å². The Morgan fingerprint density at radius 1 is 1.18 bits per heavy atom. The van der Waals surface area contributed by atoms with Crippen LogP contribution in [0.3, 0.4) is 0 Å². The Labute approximate surface area is 205 Å². The quantitative estimate of drug-likeness (QED) is 0.474. The number of ether oxygens (including phenoxy) is 3. The fraction of sp³-hybridized carbons (Fsp3) is 0.400. The molecule has 0 saturated carbocycles. The molecule has 2 aliphatic heterocycles. The van der Waals surface area contributed by atoms with Crippen molar-refractivity contribution >= 4 is 36.2 Å². The molecule has 2 aliphatic rings. The number of hydrazone groups is 1. The highest BCUT2D eigenvalue weighted by atomic mass is 35.5. The zero-order valence-corrected chi connectivity index (χ0v) is 20.0. The normalized spacial score (nSPS) is 17.3. The number of morpholine rings is 1. The second-order valence-corrected chi connectivity index (χ2v) is 8.10. The second-order valence-electron chi connectivity index (χ2n) is 8.10. The number of carbonyl (C=O) groups excluding carboxylic acids is 2. The van der Waals surface area contributed by atoms with Crippen LogP contribution in [0.1, 0.15) is 34.8 Å². The predicted molar refractivity (Wildman–Crippen MR) is 132 cm³/mol. The van der Waals surface area contributed by atoms with E-state index in [1.165, 1.54) is 0 Å². The van der Waals surface area contributed by atoms with Gasteiger partial charge in [-0.2, -0.15) is 5.10 Å². The smallest absolute Gasteiger partial charge is 0.306 e. The molecule has 34 heavy (non-hydrogen) atoms. The topological polar surface area (TPSA) is 89.5 Å². The van der Waals surface area contributed by atoms with Crippen molar-refractivity contribution in [1.29, 1.82) is 0 Å². The van der Waals surface area contributed by atoms with Crippen LogP contribution >= 0.6 is 12.4 Å². The van der Waals surface area contributed by atoms with Crippen LogP contribution in [0.25, 0.3) is 0 Å². The Kier molecular flexibility index (Phi) is 9.30. The Morgan fingerprint density at radius 3 is 2.68 bits per heavy atom. The maximum atomic E-state index is 12.7. The summed E-state index contributed by atoms with van der Waals surface area (Å²) in [4.78, 5) is 24.5. The zero-order valence-electron chi connectivity index (χ0n) is 19.2. The lowest BCUT2D eigenvalue weighted by Crippen LogP contribution is -2.32. The SMILES string of the molecule is CCOC(=O)CC1COc2ccc(NC(=O)c3ccc(C=NN4CCOCC4)cc3)cc2C1.Cl. The molecule has 0 aromatic heterocycles. The monoisotopic (exact) mass is 487 g/mol. The summed E-state index contributed by atoms with van der Waals surface area (Å²) in [6, 6.07) is 12.9. The van der Waals surface area contributed by atoms with Gasteiger partial charge in [-0.25, -0.2) is 0 Å². The molecular formula is C25H30ClN3O5. The molecule has 2 aromatic carbocycles. The molecule has 1 fully saturated rings. The molecule has 2 aromatic rings. The van der Waals surface area contributed by atoms with E-state index in [2.05, 4.69) is 10.4 Å². The molecule has 1 amide bonds. The van der Waals surface area contributed by atoms with Crippen molar-refractivity contribution in [2.75, 3.05) is 44.8 Å². The number of benzene rings is 2. The number of amides is 1. The first-order chi connectivity index (χ1) is 16.1. The summed E-state index contributed by atoms with van der Waals surface area (Å²) in [5.41, 5.74) is 3.16. The first kappa shape index (κ1) is 25.5. The average Bonchev–Trinajstić information content (AvgIpc) is 2.83. The van der Waals surface area contributed by atoms with Gasteiger partial charge in [-0.1, -0.05) is 12.1 Å². The number of esters is 1. The molecule has 1 N–H and O–H groups in total. The first-order valence-electron chi connectivity index (χ1n) is 11.3. The van der Waals surface area contributed by atoms with Gasteiger partial charge in [0.1, 0.15) is 5.75 Å². The molecule has 0 aliphatic carbocycles. The highest BCUT2D eigenvalue weighted by Gasteiger charge is 2.23. The number of carbonyl (C=O) groups is 2. The maximum Gasteiger partial charge on any atom is 0.306 e. The van der Waals surface area contributed by atoms with Crippen molar-refractivity contribution in [2.24, 2.45) is 11.0 Å².